The Morgan fingerprint density at radius 1 is 1.55 bits per heavy atom. The van der Waals surface area contributed by atoms with E-state index in [1.54, 1.807) is 7.11 Å². The lowest BCUT2D eigenvalue weighted by Crippen LogP contribution is -2.24. The number of hydrogen-bond donors (Lipinski definition) is 0. The van der Waals surface area contributed by atoms with Crippen LogP contribution in [0.3, 0.4) is 0 Å². The topological polar surface area (TPSA) is 12.5 Å². The SMILES string of the molecule is CC[C@@H]1CCN(CCOC)C1. The molecule has 0 aromatic rings. The van der Waals surface area contributed by atoms with Gasteiger partial charge in [-0.15, -0.1) is 0 Å². The van der Waals surface area contributed by atoms with Crippen molar-refractivity contribution in [2.24, 2.45) is 5.92 Å². The van der Waals surface area contributed by atoms with E-state index in [-0.39, 0.29) is 0 Å². The molecule has 66 valence electrons. The molecule has 0 aliphatic carbocycles. The van der Waals surface area contributed by atoms with E-state index in [0.29, 0.717) is 0 Å². The zero-order chi connectivity index (χ0) is 8.10. The summed E-state index contributed by atoms with van der Waals surface area (Å²) in [6.45, 7) is 6.86. The second-order valence-corrected chi connectivity index (χ2v) is 3.36. The highest BCUT2D eigenvalue weighted by Crippen LogP contribution is 2.18. The predicted octanol–water partition coefficient (Wildman–Crippen LogP) is 1.36. The highest BCUT2D eigenvalue weighted by Gasteiger charge is 2.19. The molecule has 0 radical (unpaired) electrons. The molecule has 1 heterocycles. The maximum absolute atomic E-state index is 5.03. The average molecular weight is 157 g/mol. The van der Waals surface area contributed by atoms with Crippen LogP contribution in [-0.4, -0.2) is 38.3 Å². The molecule has 0 N–H and O–H groups in total. The van der Waals surface area contributed by atoms with Gasteiger partial charge in [0.25, 0.3) is 0 Å². The summed E-state index contributed by atoms with van der Waals surface area (Å²) in [6.07, 6.45) is 2.73. The Bertz CT molecular complexity index is 106. The first kappa shape index (κ1) is 9.01. The van der Waals surface area contributed by atoms with Crippen LogP contribution >= 0.6 is 0 Å². The molecule has 0 unspecified atom stereocenters. The lowest BCUT2D eigenvalue weighted by molar-refractivity contribution is 0.159. The second kappa shape index (κ2) is 4.73. The minimum Gasteiger partial charge on any atom is -0.383 e. The third kappa shape index (κ3) is 2.80. The molecule has 1 aliphatic rings. The summed E-state index contributed by atoms with van der Waals surface area (Å²) >= 11 is 0. The first-order chi connectivity index (χ1) is 5.36. The third-order valence-corrected chi connectivity index (χ3v) is 2.56. The minimum absolute atomic E-state index is 0.885. The standard InChI is InChI=1S/C9H19NO/c1-3-9-4-5-10(8-9)6-7-11-2/h9H,3-8H2,1-2H3/t9-/m1/s1. The van der Waals surface area contributed by atoms with Crippen molar-refractivity contribution < 1.29 is 4.74 Å². The molecule has 1 saturated heterocycles. The van der Waals surface area contributed by atoms with Gasteiger partial charge in [0.05, 0.1) is 6.61 Å². The lowest BCUT2D eigenvalue weighted by atomic mass is 10.1. The summed E-state index contributed by atoms with van der Waals surface area (Å²) in [4.78, 5) is 2.50. The van der Waals surface area contributed by atoms with E-state index in [9.17, 15) is 0 Å². The van der Waals surface area contributed by atoms with Gasteiger partial charge in [0.15, 0.2) is 0 Å². The Balaban J connectivity index is 2.09. The van der Waals surface area contributed by atoms with E-state index >= 15 is 0 Å². The van der Waals surface area contributed by atoms with Gasteiger partial charge in [-0.3, -0.25) is 0 Å². The minimum atomic E-state index is 0.885. The van der Waals surface area contributed by atoms with Gasteiger partial charge in [-0.1, -0.05) is 13.3 Å². The molecule has 1 fully saturated rings. The molecule has 2 heteroatoms. The normalized spacial score (nSPS) is 26.2. The fourth-order valence-corrected chi connectivity index (χ4v) is 1.67. The molecular formula is C9H19NO. The van der Waals surface area contributed by atoms with Crippen LogP contribution in [0, 0.1) is 5.92 Å². The quantitative estimate of drug-likeness (QED) is 0.611. The number of likely N-dealkylation sites (tertiary alicyclic amines) is 1. The van der Waals surface area contributed by atoms with Crippen LogP contribution in [0.1, 0.15) is 19.8 Å². The fraction of sp³-hybridized carbons (Fsp3) is 1.00. The summed E-state index contributed by atoms with van der Waals surface area (Å²) < 4.78 is 5.03. The number of hydrogen-bond acceptors (Lipinski definition) is 2. The first-order valence-electron chi connectivity index (χ1n) is 4.58. The molecule has 1 rings (SSSR count). The van der Waals surface area contributed by atoms with E-state index in [2.05, 4.69) is 11.8 Å². The average Bonchev–Trinajstić information content (AvgIpc) is 2.48. The van der Waals surface area contributed by atoms with Gasteiger partial charge < -0.3 is 9.64 Å². The van der Waals surface area contributed by atoms with Crippen molar-refractivity contribution in [1.29, 1.82) is 0 Å². The van der Waals surface area contributed by atoms with Gasteiger partial charge in [-0.2, -0.15) is 0 Å². The van der Waals surface area contributed by atoms with E-state index in [1.165, 1.54) is 25.9 Å². The van der Waals surface area contributed by atoms with E-state index in [4.69, 9.17) is 4.74 Å². The van der Waals surface area contributed by atoms with Gasteiger partial charge in [-0.25, -0.2) is 0 Å². The smallest absolute Gasteiger partial charge is 0.0589 e. The van der Waals surface area contributed by atoms with Gasteiger partial charge in [-0.05, 0) is 18.9 Å². The van der Waals surface area contributed by atoms with Crippen molar-refractivity contribution in [3.63, 3.8) is 0 Å². The van der Waals surface area contributed by atoms with Crippen LogP contribution in [-0.2, 0) is 4.74 Å². The van der Waals surface area contributed by atoms with Crippen molar-refractivity contribution in [2.75, 3.05) is 33.4 Å². The van der Waals surface area contributed by atoms with E-state index < -0.39 is 0 Å². The monoisotopic (exact) mass is 157 g/mol. The highest BCUT2D eigenvalue weighted by atomic mass is 16.5. The Kier molecular flexibility index (Phi) is 3.87. The zero-order valence-corrected chi connectivity index (χ0v) is 7.68. The molecule has 1 aliphatic heterocycles. The summed E-state index contributed by atoms with van der Waals surface area (Å²) in [5.41, 5.74) is 0. The molecular weight excluding hydrogens is 138 g/mol. The van der Waals surface area contributed by atoms with Crippen molar-refractivity contribution in [2.45, 2.75) is 19.8 Å². The van der Waals surface area contributed by atoms with Crippen LogP contribution in [0.5, 0.6) is 0 Å². The molecule has 2 nitrogen and oxygen atoms in total. The highest BCUT2D eigenvalue weighted by molar-refractivity contribution is 4.73. The first-order valence-corrected chi connectivity index (χ1v) is 4.58. The van der Waals surface area contributed by atoms with Gasteiger partial charge in [0.2, 0.25) is 0 Å². The van der Waals surface area contributed by atoms with Crippen molar-refractivity contribution >= 4 is 0 Å². The van der Waals surface area contributed by atoms with Gasteiger partial charge in [0, 0.05) is 20.2 Å². The van der Waals surface area contributed by atoms with Crippen molar-refractivity contribution in [1.82, 2.24) is 4.90 Å². The lowest BCUT2D eigenvalue weighted by Gasteiger charge is -2.14. The summed E-state index contributed by atoms with van der Waals surface area (Å²) in [7, 11) is 1.77. The summed E-state index contributed by atoms with van der Waals surface area (Å²) in [6, 6.07) is 0. The van der Waals surface area contributed by atoms with Gasteiger partial charge in [0.1, 0.15) is 0 Å². The van der Waals surface area contributed by atoms with Crippen LogP contribution in [0.2, 0.25) is 0 Å². The Morgan fingerprint density at radius 2 is 2.36 bits per heavy atom. The van der Waals surface area contributed by atoms with Crippen LogP contribution < -0.4 is 0 Å². The zero-order valence-electron chi connectivity index (χ0n) is 7.68. The number of rotatable bonds is 4. The van der Waals surface area contributed by atoms with Crippen LogP contribution in [0.15, 0.2) is 0 Å². The maximum Gasteiger partial charge on any atom is 0.0589 e. The van der Waals surface area contributed by atoms with Gasteiger partial charge >= 0.3 is 0 Å². The molecule has 0 amide bonds. The molecule has 11 heavy (non-hydrogen) atoms. The predicted molar refractivity (Wildman–Crippen MR) is 46.7 cm³/mol. The summed E-state index contributed by atoms with van der Waals surface area (Å²) in [5.74, 6) is 0.951. The van der Waals surface area contributed by atoms with Crippen LogP contribution in [0.4, 0.5) is 0 Å². The number of methoxy groups -OCH3 is 1. The molecule has 1 atom stereocenters. The maximum atomic E-state index is 5.03. The molecule has 0 spiro atoms. The van der Waals surface area contributed by atoms with E-state index in [1.807, 2.05) is 0 Å². The van der Waals surface area contributed by atoms with Crippen LogP contribution in [0.25, 0.3) is 0 Å². The Hall–Kier alpha value is -0.0800. The molecule has 0 aromatic heterocycles. The molecule has 0 bridgehead atoms. The van der Waals surface area contributed by atoms with E-state index in [0.717, 1.165) is 19.1 Å². The fourth-order valence-electron chi connectivity index (χ4n) is 1.67. The number of ether oxygens (including phenoxy) is 1. The summed E-state index contributed by atoms with van der Waals surface area (Å²) in [5, 5.41) is 0. The molecule has 0 saturated carbocycles. The Morgan fingerprint density at radius 3 is 2.91 bits per heavy atom. The Labute approximate surface area is 69.5 Å². The second-order valence-electron chi connectivity index (χ2n) is 3.36. The van der Waals surface area contributed by atoms with Crippen molar-refractivity contribution in [3.8, 4) is 0 Å². The largest absolute Gasteiger partial charge is 0.383 e. The molecule has 0 aromatic carbocycles. The number of nitrogens with zero attached hydrogens (tertiary/aromatic N) is 1. The third-order valence-electron chi connectivity index (χ3n) is 2.56. The van der Waals surface area contributed by atoms with Crippen molar-refractivity contribution in [3.05, 3.63) is 0 Å².